The molecule has 2 atom stereocenters. The molecule has 7 heteroatoms. The van der Waals surface area contributed by atoms with Gasteiger partial charge in [0.25, 0.3) is 5.91 Å². The summed E-state index contributed by atoms with van der Waals surface area (Å²) < 4.78 is 5.32. The molecule has 0 fully saturated rings. The van der Waals surface area contributed by atoms with Gasteiger partial charge in [0.15, 0.2) is 0 Å². The minimum Gasteiger partial charge on any atom is -0.444 e. The quantitative estimate of drug-likeness (QED) is 0.471. The zero-order valence-electron chi connectivity index (χ0n) is 20.5. The number of rotatable bonds is 8. The van der Waals surface area contributed by atoms with Crippen LogP contribution < -0.4 is 10.6 Å². The number of hydrogen-bond acceptors (Lipinski definition) is 4. The smallest absolute Gasteiger partial charge is 0.408 e. The fourth-order valence-corrected chi connectivity index (χ4v) is 3.20. The highest BCUT2D eigenvalue weighted by molar-refractivity contribution is 5.93. The first-order valence-corrected chi connectivity index (χ1v) is 10.9. The topological polar surface area (TPSA) is 87.7 Å². The molecular formula is C25H37N3O4. The highest BCUT2D eigenvalue weighted by atomic mass is 16.6. The Hall–Kier alpha value is -3.01. The highest BCUT2D eigenvalue weighted by Crippen LogP contribution is 2.24. The summed E-state index contributed by atoms with van der Waals surface area (Å²) >= 11 is 0. The Morgan fingerprint density at radius 1 is 1.12 bits per heavy atom. The minimum absolute atomic E-state index is 0.0837. The third-order valence-electron chi connectivity index (χ3n) is 4.37. The van der Waals surface area contributed by atoms with Gasteiger partial charge in [0.1, 0.15) is 17.7 Å². The molecule has 0 spiro atoms. The molecule has 7 nitrogen and oxygen atoms in total. The third kappa shape index (κ3) is 8.62. The number of nitrogens with zero attached hydrogens (tertiary/aromatic N) is 1. The van der Waals surface area contributed by atoms with Crippen LogP contribution in [-0.4, -0.2) is 40.5 Å². The van der Waals surface area contributed by atoms with Crippen LogP contribution in [0.1, 0.15) is 72.1 Å². The molecule has 0 heterocycles. The maximum absolute atomic E-state index is 13.5. The predicted molar refractivity (Wildman–Crippen MR) is 125 cm³/mol. The molecule has 0 aliphatic rings. The summed E-state index contributed by atoms with van der Waals surface area (Å²) in [6.45, 7) is 14.6. The van der Waals surface area contributed by atoms with Crippen molar-refractivity contribution in [1.82, 2.24) is 15.5 Å². The third-order valence-corrected chi connectivity index (χ3v) is 4.37. The number of benzene rings is 1. The molecule has 1 rings (SSSR count). The molecule has 1 aromatic carbocycles. The Balaban J connectivity index is 3.35. The SMILES string of the molecule is C#CN(C(=O)C(CC(C)C)NC(=O)OC(C)(C)C)C(C(=O)NC(C)C)c1cccc(C)c1. The molecule has 0 bridgehead atoms. The lowest BCUT2D eigenvalue weighted by Gasteiger charge is -2.31. The normalized spacial score (nSPS) is 13.2. The number of hydrogen-bond donors (Lipinski definition) is 2. The molecule has 32 heavy (non-hydrogen) atoms. The van der Waals surface area contributed by atoms with Crippen LogP contribution in [0.3, 0.4) is 0 Å². The van der Waals surface area contributed by atoms with E-state index in [2.05, 4.69) is 16.7 Å². The lowest BCUT2D eigenvalue weighted by atomic mass is 9.98. The van der Waals surface area contributed by atoms with E-state index >= 15 is 0 Å². The van der Waals surface area contributed by atoms with E-state index in [1.807, 2.05) is 52.8 Å². The predicted octanol–water partition coefficient (Wildman–Crippen LogP) is 3.92. The van der Waals surface area contributed by atoms with Gasteiger partial charge in [-0.25, -0.2) is 4.79 Å². The van der Waals surface area contributed by atoms with E-state index in [0.717, 1.165) is 10.5 Å². The van der Waals surface area contributed by atoms with Gasteiger partial charge >= 0.3 is 6.09 Å². The van der Waals surface area contributed by atoms with Gasteiger partial charge in [-0.15, -0.1) is 0 Å². The molecule has 2 N–H and O–H groups in total. The Kier molecular flexibility index (Phi) is 9.77. The number of nitrogens with one attached hydrogen (secondary N) is 2. The Bertz CT molecular complexity index is 849. The maximum atomic E-state index is 13.5. The first kappa shape index (κ1) is 27.0. The Morgan fingerprint density at radius 2 is 1.75 bits per heavy atom. The van der Waals surface area contributed by atoms with Crippen molar-refractivity contribution >= 4 is 17.9 Å². The van der Waals surface area contributed by atoms with Crippen molar-refractivity contribution in [1.29, 1.82) is 0 Å². The summed E-state index contributed by atoms with van der Waals surface area (Å²) in [4.78, 5) is 40.1. The lowest BCUT2D eigenvalue weighted by molar-refractivity contribution is -0.139. The van der Waals surface area contributed by atoms with Gasteiger partial charge in [0, 0.05) is 12.1 Å². The Morgan fingerprint density at radius 3 is 2.22 bits per heavy atom. The van der Waals surface area contributed by atoms with Gasteiger partial charge in [-0.3, -0.25) is 14.5 Å². The number of alkyl carbamates (subject to hydrolysis) is 1. The molecule has 0 aromatic heterocycles. The Labute approximate surface area is 192 Å². The van der Waals surface area contributed by atoms with Crippen LogP contribution in [0.15, 0.2) is 24.3 Å². The number of carbonyl (C=O) groups excluding carboxylic acids is 3. The summed E-state index contributed by atoms with van der Waals surface area (Å²) in [6, 6.07) is 7.54. The van der Waals surface area contributed by atoms with Crippen molar-refractivity contribution < 1.29 is 19.1 Å². The van der Waals surface area contributed by atoms with E-state index < -0.39 is 35.6 Å². The van der Waals surface area contributed by atoms with Crippen LogP contribution in [0.25, 0.3) is 0 Å². The lowest BCUT2D eigenvalue weighted by Crippen LogP contribution is -2.52. The largest absolute Gasteiger partial charge is 0.444 e. The van der Waals surface area contributed by atoms with E-state index in [1.54, 1.807) is 26.8 Å². The zero-order valence-corrected chi connectivity index (χ0v) is 20.5. The highest BCUT2D eigenvalue weighted by Gasteiger charge is 2.36. The summed E-state index contributed by atoms with van der Waals surface area (Å²) in [5.41, 5.74) is 0.803. The second-order valence-electron chi connectivity index (χ2n) is 9.65. The molecule has 0 saturated carbocycles. The van der Waals surface area contributed by atoms with Crippen molar-refractivity contribution in [3.8, 4) is 12.5 Å². The minimum atomic E-state index is -1.04. The summed E-state index contributed by atoms with van der Waals surface area (Å²) in [5.74, 6) is -0.852. The molecule has 0 aliphatic carbocycles. The summed E-state index contributed by atoms with van der Waals surface area (Å²) in [6.07, 6.45) is 5.37. The number of aryl methyl sites for hydroxylation is 1. The standard InChI is InChI=1S/C25H37N3O4/c1-10-28(21(22(29)26-17(4)5)19-13-11-12-18(6)15-19)23(30)20(14-16(2)3)27-24(31)32-25(7,8)9/h1,11-13,15-17,20-21H,14H2,2-9H3,(H,26,29)(H,27,31). The van der Waals surface area contributed by atoms with Crippen LogP contribution in [-0.2, 0) is 14.3 Å². The van der Waals surface area contributed by atoms with Gasteiger partial charge in [0.2, 0.25) is 5.91 Å². The number of carbonyl (C=O) groups is 3. The molecule has 176 valence electrons. The summed E-state index contributed by atoms with van der Waals surface area (Å²) in [7, 11) is 0. The average Bonchev–Trinajstić information content (AvgIpc) is 2.62. The van der Waals surface area contributed by atoms with Crippen LogP contribution >= 0.6 is 0 Å². The van der Waals surface area contributed by atoms with Gasteiger partial charge < -0.3 is 15.4 Å². The first-order chi connectivity index (χ1) is 14.7. The van der Waals surface area contributed by atoms with Crippen molar-refractivity contribution in [3.05, 3.63) is 35.4 Å². The average molecular weight is 444 g/mol. The number of amides is 3. The second-order valence-corrected chi connectivity index (χ2v) is 9.65. The van der Waals surface area contributed by atoms with Crippen molar-refractivity contribution in [2.75, 3.05) is 0 Å². The molecule has 1 aromatic rings. The fourth-order valence-electron chi connectivity index (χ4n) is 3.20. The van der Waals surface area contributed by atoms with Crippen LogP contribution in [0, 0.1) is 25.3 Å². The van der Waals surface area contributed by atoms with E-state index in [0.29, 0.717) is 12.0 Å². The van der Waals surface area contributed by atoms with E-state index in [-0.39, 0.29) is 12.0 Å². The molecule has 0 saturated heterocycles. The zero-order chi connectivity index (χ0) is 24.6. The van der Waals surface area contributed by atoms with E-state index in [4.69, 9.17) is 11.2 Å². The van der Waals surface area contributed by atoms with E-state index in [1.165, 1.54) is 0 Å². The van der Waals surface area contributed by atoms with Crippen molar-refractivity contribution in [3.63, 3.8) is 0 Å². The second kappa shape index (κ2) is 11.6. The van der Waals surface area contributed by atoms with Crippen LogP contribution in [0.4, 0.5) is 4.79 Å². The van der Waals surface area contributed by atoms with Gasteiger partial charge in [0.05, 0.1) is 0 Å². The molecule has 3 amide bonds. The van der Waals surface area contributed by atoms with Crippen molar-refractivity contribution in [2.24, 2.45) is 5.92 Å². The molecular weight excluding hydrogens is 406 g/mol. The number of ether oxygens (including phenoxy) is 1. The monoisotopic (exact) mass is 443 g/mol. The summed E-state index contributed by atoms with van der Waals surface area (Å²) in [5, 5.41) is 5.48. The van der Waals surface area contributed by atoms with E-state index in [9.17, 15) is 14.4 Å². The fraction of sp³-hybridized carbons (Fsp3) is 0.560. The van der Waals surface area contributed by atoms with Crippen molar-refractivity contribution in [2.45, 2.75) is 85.5 Å². The van der Waals surface area contributed by atoms with Crippen LogP contribution in [0.5, 0.6) is 0 Å². The molecule has 0 aliphatic heterocycles. The molecule has 0 radical (unpaired) electrons. The van der Waals surface area contributed by atoms with Gasteiger partial charge in [-0.1, -0.05) is 50.1 Å². The van der Waals surface area contributed by atoms with Gasteiger partial charge in [-0.2, -0.15) is 0 Å². The number of terminal acetylenes is 1. The molecule has 2 unspecified atom stereocenters. The van der Waals surface area contributed by atoms with Gasteiger partial charge in [-0.05, 0) is 59.4 Å². The van der Waals surface area contributed by atoms with Crippen LogP contribution in [0.2, 0.25) is 0 Å². The first-order valence-electron chi connectivity index (χ1n) is 10.9. The maximum Gasteiger partial charge on any atom is 0.408 e.